The zero-order valence-corrected chi connectivity index (χ0v) is 13.8. The highest BCUT2D eigenvalue weighted by Crippen LogP contribution is 2.40. The first kappa shape index (κ1) is 15.1. The summed E-state index contributed by atoms with van der Waals surface area (Å²) in [5.41, 5.74) is 0.428. The second-order valence-corrected chi connectivity index (χ2v) is 7.52. The van der Waals surface area contributed by atoms with Crippen molar-refractivity contribution in [3.05, 3.63) is 17.5 Å². The van der Waals surface area contributed by atoms with Crippen molar-refractivity contribution in [1.82, 2.24) is 20.7 Å². The van der Waals surface area contributed by atoms with Crippen molar-refractivity contribution in [3.63, 3.8) is 0 Å². The molecule has 0 radical (unpaired) electrons. The first-order valence-corrected chi connectivity index (χ1v) is 8.89. The smallest absolute Gasteiger partial charge is 0.273 e. The molecule has 3 fully saturated rings. The Morgan fingerprint density at radius 3 is 3.04 bits per heavy atom. The predicted octanol–water partition coefficient (Wildman–Crippen LogP) is 1.21. The van der Waals surface area contributed by atoms with Gasteiger partial charge in [-0.15, -0.1) is 0 Å². The maximum Gasteiger partial charge on any atom is 0.273 e. The Labute approximate surface area is 137 Å². The van der Waals surface area contributed by atoms with Gasteiger partial charge in [0.2, 0.25) is 0 Å². The average molecular weight is 318 g/mol. The van der Waals surface area contributed by atoms with Crippen molar-refractivity contribution >= 4 is 5.91 Å². The average Bonchev–Trinajstić information content (AvgIpc) is 2.94. The van der Waals surface area contributed by atoms with Gasteiger partial charge in [-0.1, -0.05) is 12.1 Å². The van der Waals surface area contributed by atoms with Crippen LogP contribution < -0.4 is 10.6 Å². The van der Waals surface area contributed by atoms with Gasteiger partial charge in [-0.2, -0.15) is 0 Å². The Balaban J connectivity index is 1.31. The van der Waals surface area contributed by atoms with Gasteiger partial charge in [0.05, 0.1) is 0 Å². The molecule has 1 unspecified atom stereocenters. The van der Waals surface area contributed by atoms with Crippen LogP contribution >= 0.6 is 0 Å². The summed E-state index contributed by atoms with van der Waals surface area (Å²) in [6.45, 7) is 7.63. The molecule has 0 bridgehead atoms. The molecule has 1 aromatic rings. The third kappa shape index (κ3) is 3.43. The second kappa shape index (κ2) is 6.24. The van der Waals surface area contributed by atoms with Crippen LogP contribution in [0.1, 0.15) is 48.4 Å². The van der Waals surface area contributed by atoms with Gasteiger partial charge in [0.15, 0.2) is 5.69 Å². The zero-order chi connectivity index (χ0) is 15.8. The molecule has 0 aromatic carbocycles. The van der Waals surface area contributed by atoms with Crippen molar-refractivity contribution in [3.8, 4) is 0 Å². The van der Waals surface area contributed by atoms with E-state index in [1.165, 1.54) is 6.42 Å². The fourth-order valence-electron chi connectivity index (χ4n) is 3.84. The number of nitrogens with one attached hydrogen (secondary N) is 2. The van der Waals surface area contributed by atoms with Gasteiger partial charge >= 0.3 is 0 Å². The molecule has 2 saturated heterocycles. The van der Waals surface area contributed by atoms with Crippen LogP contribution in [0.5, 0.6) is 0 Å². The van der Waals surface area contributed by atoms with Gasteiger partial charge in [0, 0.05) is 37.7 Å². The molecule has 1 amide bonds. The highest BCUT2D eigenvalue weighted by molar-refractivity contribution is 5.92. The maximum atomic E-state index is 12.4. The third-order valence-electron chi connectivity index (χ3n) is 5.42. The molecule has 23 heavy (non-hydrogen) atoms. The van der Waals surface area contributed by atoms with E-state index in [0.717, 1.165) is 57.2 Å². The van der Waals surface area contributed by atoms with Crippen LogP contribution in [0.3, 0.4) is 0 Å². The SMILES string of the molecule is C[C@H]1CN(CC2CCNC2)C[C@H]1NC(=O)c1cc(C2CC2)on1. The largest absolute Gasteiger partial charge is 0.360 e. The lowest BCUT2D eigenvalue weighted by Crippen LogP contribution is -2.40. The first-order valence-electron chi connectivity index (χ1n) is 8.89. The molecule has 1 aromatic heterocycles. The predicted molar refractivity (Wildman–Crippen MR) is 86.3 cm³/mol. The first-order chi connectivity index (χ1) is 11.2. The topological polar surface area (TPSA) is 70.4 Å². The molecular weight excluding hydrogens is 292 g/mol. The van der Waals surface area contributed by atoms with Crippen molar-refractivity contribution < 1.29 is 9.32 Å². The lowest BCUT2D eigenvalue weighted by atomic mass is 10.1. The second-order valence-electron chi connectivity index (χ2n) is 7.52. The van der Waals surface area contributed by atoms with E-state index in [2.05, 4.69) is 27.6 Å². The van der Waals surface area contributed by atoms with E-state index in [1.54, 1.807) is 0 Å². The van der Waals surface area contributed by atoms with Gasteiger partial charge in [-0.25, -0.2) is 0 Å². The van der Waals surface area contributed by atoms with Crippen LogP contribution in [0.25, 0.3) is 0 Å². The number of aromatic nitrogens is 1. The van der Waals surface area contributed by atoms with Crippen molar-refractivity contribution in [2.45, 2.75) is 38.1 Å². The van der Waals surface area contributed by atoms with Crippen LogP contribution in [0.15, 0.2) is 10.6 Å². The van der Waals surface area contributed by atoms with Gasteiger partial charge in [-0.3, -0.25) is 4.79 Å². The molecule has 0 spiro atoms. The lowest BCUT2D eigenvalue weighted by Gasteiger charge is -2.19. The normalized spacial score (nSPS) is 31.6. The van der Waals surface area contributed by atoms with E-state index in [0.29, 0.717) is 17.5 Å². The van der Waals surface area contributed by atoms with Crippen LogP contribution in [0.2, 0.25) is 0 Å². The van der Waals surface area contributed by atoms with Crippen LogP contribution in [-0.2, 0) is 0 Å². The highest BCUT2D eigenvalue weighted by Gasteiger charge is 2.34. The number of hydrogen-bond acceptors (Lipinski definition) is 5. The number of likely N-dealkylation sites (tertiary alicyclic amines) is 1. The van der Waals surface area contributed by atoms with Crippen LogP contribution in [0.4, 0.5) is 0 Å². The molecule has 4 rings (SSSR count). The lowest BCUT2D eigenvalue weighted by molar-refractivity contribution is 0.0922. The third-order valence-corrected chi connectivity index (χ3v) is 5.42. The molecule has 2 aliphatic heterocycles. The fraction of sp³-hybridized carbons (Fsp3) is 0.765. The summed E-state index contributed by atoms with van der Waals surface area (Å²) in [7, 11) is 0. The van der Waals surface area contributed by atoms with Crippen molar-refractivity contribution in [2.75, 3.05) is 32.7 Å². The summed E-state index contributed by atoms with van der Waals surface area (Å²) >= 11 is 0. The Hall–Kier alpha value is -1.40. The molecule has 1 saturated carbocycles. The summed E-state index contributed by atoms with van der Waals surface area (Å²) < 4.78 is 5.28. The molecule has 2 N–H and O–H groups in total. The summed E-state index contributed by atoms with van der Waals surface area (Å²) in [6, 6.07) is 2.02. The molecule has 6 heteroatoms. The van der Waals surface area contributed by atoms with Crippen LogP contribution in [-0.4, -0.2) is 54.7 Å². The van der Waals surface area contributed by atoms with Crippen LogP contribution in [0, 0.1) is 11.8 Å². The molecule has 3 atom stereocenters. The van der Waals surface area contributed by atoms with Gasteiger partial charge in [0.25, 0.3) is 5.91 Å². The monoisotopic (exact) mass is 318 g/mol. The van der Waals surface area contributed by atoms with E-state index >= 15 is 0 Å². The number of carbonyl (C=O) groups excluding carboxylic acids is 1. The number of rotatable bonds is 5. The van der Waals surface area contributed by atoms with Gasteiger partial charge in [0.1, 0.15) is 5.76 Å². The summed E-state index contributed by atoms with van der Waals surface area (Å²) in [6.07, 6.45) is 3.58. The standard InChI is InChI=1S/C17H26N4O2/c1-11-8-21(9-12-4-5-18-7-12)10-15(11)19-17(22)14-6-16(23-20-14)13-2-3-13/h6,11-13,15,18H,2-5,7-10H2,1H3,(H,19,22)/t11-,12?,15+/m0/s1. The van der Waals surface area contributed by atoms with E-state index < -0.39 is 0 Å². The molecule has 126 valence electrons. The number of nitrogens with zero attached hydrogens (tertiary/aromatic N) is 2. The summed E-state index contributed by atoms with van der Waals surface area (Å²) in [4.78, 5) is 14.9. The van der Waals surface area contributed by atoms with Gasteiger partial charge < -0.3 is 20.1 Å². The van der Waals surface area contributed by atoms with E-state index in [9.17, 15) is 4.79 Å². The highest BCUT2D eigenvalue weighted by atomic mass is 16.5. The number of hydrogen-bond donors (Lipinski definition) is 2. The van der Waals surface area contributed by atoms with E-state index in [-0.39, 0.29) is 11.9 Å². The minimum absolute atomic E-state index is 0.0955. The molecule has 6 nitrogen and oxygen atoms in total. The fourth-order valence-corrected chi connectivity index (χ4v) is 3.84. The Bertz CT molecular complexity index is 563. The minimum Gasteiger partial charge on any atom is -0.360 e. The zero-order valence-electron chi connectivity index (χ0n) is 13.8. The Morgan fingerprint density at radius 1 is 1.43 bits per heavy atom. The quantitative estimate of drug-likeness (QED) is 0.854. The molecule has 3 aliphatic rings. The summed E-state index contributed by atoms with van der Waals surface area (Å²) in [5.74, 6) is 2.49. The molecular formula is C17H26N4O2. The Kier molecular flexibility index (Phi) is 4.11. The molecule has 1 aliphatic carbocycles. The Morgan fingerprint density at radius 2 is 2.30 bits per heavy atom. The minimum atomic E-state index is -0.0955. The van der Waals surface area contributed by atoms with Crippen molar-refractivity contribution in [2.24, 2.45) is 11.8 Å². The summed E-state index contributed by atoms with van der Waals surface area (Å²) in [5, 5.41) is 10.5. The maximum absolute atomic E-state index is 12.4. The van der Waals surface area contributed by atoms with Crippen molar-refractivity contribution in [1.29, 1.82) is 0 Å². The van der Waals surface area contributed by atoms with Gasteiger partial charge in [-0.05, 0) is 44.2 Å². The van der Waals surface area contributed by atoms with E-state index in [4.69, 9.17) is 4.52 Å². The number of amides is 1. The molecule has 3 heterocycles. The van der Waals surface area contributed by atoms with E-state index in [1.807, 2.05) is 6.07 Å². The number of carbonyl (C=O) groups is 1.